The summed E-state index contributed by atoms with van der Waals surface area (Å²) in [4.78, 5) is 42.9. The molecule has 0 aromatic heterocycles. The van der Waals surface area contributed by atoms with Gasteiger partial charge in [0.15, 0.2) is 0 Å². The number of carbonyl (C=O) groups is 2. The molecule has 2 amide bonds. The number of nitrogens with zero attached hydrogens (tertiary/aromatic N) is 6. The molecule has 2 aliphatic rings. The first-order valence-electron chi connectivity index (χ1n) is 13.5. The average Bonchev–Trinajstić information content (AvgIpc) is 2.91. The van der Waals surface area contributed by atoms with Gasteiger partial charge >= 0.3 is 0 Å². The van der Waals surface area contributed by atoms with Gasteiger partial charge in [-0.05, 0) is 75.7 Å². The molecular weight excluding hydrogens is 488 g/mol. The van der Waals surface area contributed by atoms with Crippen LogP contribution in [0.2, 0.25) is 0 Å². The van der Waals surface area contributed by atoms with Crippen molar-refractivity contribution in [3.8, 4) is 0 Å². The number of piperazine rings is 2. The Morgan fingerprint density at radius 1 is 1.00 bits per heavy atom. The second-order valence-corrected chi connectivity index (χ2v) is 10.1. The van der Waals surface area contributed by atoms with Crippen LogP contribution in [0.3, 0.4) is 0 Å². The van der Waals surface area contributed by atoms with E-state index in [-0.39, 0.29) is 18.4 Å². The maximum Gasteiger partial charge on any atom is 0.254 e. The van der Waals surface area contributed by atoms with Crippen LogP contribution in [0.4, 0.5) is 0 Å². The van der Waals surface area contributed by atoms with Crippen LogP contribution in [0.1, 0.15) is 47.8 Å². The highest BCUT2D eigenvalue weighted by Crippen LogP contribution is 2.22. The Morgan fingerprint density at radius 2 is 1.69 bits per heavy atom. The minimum atomic E-state index is -0.160. The Hall–Kier alpha value is -3.78. The molecule has 1 aromatic carbocycles. The second-order valence-electron chi connectivity index (χ2n) is 10.1. The lowest BCUT2D eigenvalue weighted by molar-refractivity contribution is -0.132. The van der Waals surface area contributed by atoms with E-state index in [1.165, 1.54) is 5.56 Å². The number of carbonyl (C=O) groups excluding carboxylic acids is 2. The molecule has 208 valence electrons. The van der Waals surface area contributed by atoms with Crippen LogP contribution in [0.5, 0.6) is 0 Å². The molecule has 0 spiro atoms. The van der Waals surface area contributed by atoms with Gasteiger partial charge in [0.1, 0.15) is 18.2 Å². The molecule has 2 aliphatic heterocycles. The summed E-state index contributed by atoms with van der Waals surface area (Å²) in [6.07, 6.45) is 9.18. The summed E-state index contributed by atoms with van der Waals surface area (Å²) < 4.78 is 0. The number of hydrogen-bond donors (Lipinski definition) is 0. The molecule has 2 heterocycles. The van der Waals surface area contributed by atoms with E-state index in [1.54, 1.807) is 15.9 Å². The van der Waals surface area contributed by atoms with Crippen LogP contribution in [0.15, 0.2) is 70.6 Å². The summed E-state index contributed by atoms with van der Waals surface area (Å²) >= 11 is 0. The average molecular weight is 531 g/mol. The van der Waals surface area contributed by atoms with E-state index in [0.29, 0.717) is 24.5 Å². The highest BCUT2D eigenvalue weighted by molar-refractivity contribution is 5.99. The van der Waals surface area contributed by atoms with Crippen LogP contribution < -0.4 is 0 Å². The maximum atomic E-state index is 13.6. The van der Waals surface area contributed by atoms with Crippen molar-refractivity contribution >= 4 is 24.4 Å². The van der Waals surface area contributed by atoms with E-state index in [0.717, 1.165) is 55.3 Å². The fourth-order valence-electron chi connectivity index (χ4n) is 4.93. The monoisotopic (exact) mass is 530 g/mol. The molecule has 3 rings (SSSR count). The maximum absolute atomic E-state index is 13.6. The van der Waals surface area contributed by atoms with E-state index in [4.69, 9.17) is 0 Å². The van der Waals surface area contributed by atoms with Crippen molar-refractivity contribution in [1.29, 1.82) is 0 Å². The van der Waals surface area contributed by atoms with Gasteiger partial charge < -0.3 is 9.80 Å². The van der Waals surface area contributed by atoms with Crippen molar-refractivity contribution in [2.75, 3.05) is 45.8 Å². The summed E-state index contributed by atoms with van der Waals surface area (Å²) in [6.45, 7) is 22.7. The summed E-state index contributed by atoms with van der Waals surface area (Å²) in [7, 11) is 0. The molecule has 1 aromatic rings. The van der Waals surface area contributed by atoms with E-state index >= 15 is 0 Å². The first-order chi connectivity index (χ1) is 18.7. The molecule has 39 heavy (non-hydrogen) atoms. The predicted molar refractivity (Wildman–Crippen MR) is 160 cm³/mol. The standard InChI is InChI=1S/C31H42N6O2/c1-8-10-11-28(32-7)37-18-17-36(22-29(37)38)31(39)27-20-26(24(5)19-25(27)6)21-34-13-15-35(16-14-34)30(23(3)4)33-12-9-2/h8-12,19-20H,3,7,13-18,21-22H2,1-2,4-6H3/b10-8-,12-9-,28-11+,33-30?. The van der Waals surface area contributed by atoms with Gasteiger partial charge in [0.05, 0.1) is 0 Å². The fraction of sp³-hybridized carbons (Fsp3) is 0.419. The van der Waals surface area contributed by atoms with Crippen molar-refractivity contribution in [2.24, 2.45) is 9.98 Å². The summed E-state index contributed by atoms with van der Waals surface area (Å²) in [6, 6.07) is 4.10. The van der Waals surface area contributed by atoms with Gasteiger partial charge in [-0.2, -0.15) is 0 Å². The third-order valence-electron chi connectivity index (χ3n) is 7.09. The number of allylic oxidation sites excluding steroid dienone is 4. The van der Waals surface area contributed by atoms with Gasteiger partial charge in [-0.1, -0.05) is 30.9 Å². The Labute approximate surface area is 233 Å². The number of aryl methyl sites for hydroxylation is 2. The Morgan fingerprint density at radius 3 is 2.28 bits per heavy atom. The lowest BCUT2D eigenvalue weighted by atomic mass is 9.98. The quantitative estimate of drug-likeness (QED) is 0.285. The molecule has 8 nitrogen and oxygen atoms in total. The molecule has 2 fully saturated rings. The SMILES string of the molecule is C=N/C(=C\C=C/C)N1CCN(C(=O)c2cc(CN3CCN(C(=N/C=C\C)C(=C)C)CC3)c(C)cc2C)CC1=O. The number of aliphatic imine (C=N–C) groups is 2. The number of benzene rings is 1. The Balaban J connectivity index is 1.69. The van der Waals surface area contributed by atoms with Gasteiger partial charge in [-0.15, -0.1) is 0 Å². The first kappa shape index (κ1) is 29.8. The van der Waals surface area contributed by atoms with Crippen LogP contribution in [-0.2, 0) is 11.3 Å². The summed E-state index contributed by atoms with van der Waals surface area (Å²) in [5.41, 5.74) is 4.85. The molecule has 0 N–H and O–H groups in total. The molecule has 0 aliphatic carbocycles. The molecule has 8 heteroatoms. The fourth-order valence-corrected chi connectivity index (χ4v) is 4.93. The lowest BCUT2D eigenvalue weighted by Crippen LogP contribution is -2.51. The molecule has 0 radical (unpaired) electrons. The highest BCUT2D eigenvalue weighted by Gasteiger charge is 2.30. The normalized spacial score (nSPS) is 18.0. The molecule has 2 saturated heterocycles. The highest BCUT2D eigenvalue weighted by atomic mass is 16.2. The zero-order chi connectivity index (χ0) is 28.5. The number of amides is 2. The second kappa shape index (κ2) is 13.8. The first-order valence-corrected chi connectivity index (χ1v) is 13.5. The van der Waals surface area contributed by atoms with Gasteiger partial charge in [-0.25, -0.2) is 9.98 Å². The molecule has 0 bridgehead atoms. The predicted octanol–water partition coefficient (Wildman–Crippen LogP) is 4.33. The molecule has 0 saturated carbocycles. The van der Waals surface area contributed by atoms with Crippen molar-refractivity contribution < 1.29 is 9.59 Å². The van der Waals surface area contributed by atoms with Crippen molar-refractivity contribution in [3.63, 3.8) is 0 Å². The largest absolute Gasteiger partial charge is 0.354 e. The van der Waals surface area contributed by atoms with Crippen LogP contribution in [0, 0.1) is 13.8 Å². The van der Waals surface area contributed by atoms with Crippen LogP contribution >= 0.6 is 0 Å². The molecule has 0 atom stereocenters. The zero-order valence-electron chi connectivity index (χ0n) is 24.1. The van der Waals surface area contributed by atoms with Gasteiger partial charge in [-0.3, -0.25) is 19.4 Å². The number of rotatable bonds is 8. The number of amidine groups is 1. The Bertz CT molecular complexity index is 1220. The van der Waals surface area contributed by atoms with Gasteiger partial charge in [0.2, 0.25) is 5.91 Å². The molecule has 0 unspecified atom stereocenters. The van der Waals surface area contributed by atoms with Gasteiger partial charge in [0.25, 0.3) is 5.91 Å². The molecular formula is C31H42N6O2. The number of hydrogen-bond acceptors (Lipinski definition) is 5. The minimum absolute atomic E-state index is 0.0198. The van der Waals surface area contributed by atoms with Crippen molar-refractivity contribution in [1.82, 2.24) is 19.6 Å². The summed E-state index contributed by atoms with van der Waals surface area (Å²) in [5.74, 6) is 1.17. The minimum Gasteiger partial charge on any atom is -0.354 e. The van der Waals surface area contributed by atoms with E-state index < -0.39 is 0 Å². The summed E-state index contributed by atoms with van der Waals surface area (Å²) in [5, 5.41) is 0. The zero-order valence-corrected chi connectivity index (χ0v) is 24.1. The van der Waals surface area contributed by atoms with E-state index in [9.17, 15) is 9.59 Å². The van der Waals surface area contributed by atoms with E-state index in [2.05, 4.69) is 46.1 Å². The third-order valence-corrected chi connectivity index (χ3v) is 7.09. The topological polar surface area (TPSA) is 71.8 Å². The van der Waals surface area contributed by atoms with Gasteiger partial charge in [0, 0.05) is 57.6 Å². The van der Waals surface area contributed by atoms with Crippen molar-refractivity contribution in [3.05, 3.63) is 82.9 Å². The van der Waals surface area contributed by atoms with E-state index in [1.807, 2.05) is 58.2 Å². The van der Waals surface area contributed by atoms with Crippen molar-refractivity contribution in [2.45, 2.75) is 41.2 Å². The lowest BCUT2D eigenvalue weighted by Gasteiger charge is -2.37. The smallest absolute Gasteiger partial charge is 0.254 e. The van der Waals surface area contributed by atoms with Crippen LogP contribution in [-0.4, -0.2) is 89.8 Å². The third kappa shape index (κ3) is 7.41. The van der Waals surface area contributed by atoms with Crippen LogP contribution in [0.25, 0.3) is 0 Å². The Kier molecular flexibility index (Phi) is 10.6.